The minimum absolute atomic E-state index is 0.262. The fraction of sp³-hybridized carbons (Fsp3) is 0.467. The average Bonchev–Trinajstić information content (AvgIpc) is 2.53. The van der Waals surface area contributed by atoms with E-state index in [2.05, 4.69) is 5.16 Å². The maximum absolute atomic E-state index is 11.9. The molecular weight excluding hydrogens is 256 g/mol. The smallest absolute Gasteiger partial charge is 0.410 e. The van der Waals surface area contributed by atoms with Gasteiger partial charge >= 0.3 is 6.09 Å². The molecule has 0 bridgehead atoms. The van der Waals surface area contributed by atoms with E-state index in [1.807, 2.05) is 37.3 Å². The number of rotatable bonds is 3. The number of carbonyl (C=O) groups is 1. The van der Waals surface area contributed by atoms with Crippen molar-refractivity contribution in [2.75, 3.05) is 13.1 Å². The highest BCUT2D eigenvalue weighted by atomic mass is 16.6. The normalized spacial score (nSPS) is 17.1. The van der Waals surface area contributed by atoms with Crippen LogP contribution in [0.5, 0.6) is 0 Å². The lowest BCUT2D eigenvalue weighted by Gasteiger charge is -2.30. The summed E-state index contributed by atoms with van der Waals surface area (Å²) in [5, 5.41) is 12.0. The second-order valence-corrected chi connectivity index (χ2v) is 5.04. The van der Waals surface area contributed by atoms with Crippen molar-refractivity contribution >= 4 is 11.8 Å². The van der Waals surface area contributed by atoms with Crippen LogP contribution in [0.2, 0.25) is 0 Å². The number of oxime groups is 1. The fourth-order valence-electron chi connectivity index (χ4n) is 2.37. The number of benzene rings is 1. The number of likely N-dealkylation sites (tertiary alicyclic amines) is 1. The van der Waals surface area contributed by atoms with Gasteiger partial charge in [-0.3, -0.25) is 0 Å². The highest BCUT2D eigenvalue weighted by Crippen LogP contribution is 2.19. The molecule has 0 aromatic heterocycles. The van der Waals surface area contributed by atoms with Crippen molar-refractivity contribution < 1.29 is 14.7 Å². The zero-order chi connectivity index (χ0) is 14.4. The predicted octanol–water partition coefficient (Wildman–Crippen LogP) is 2.89. The Kier molecular flexibility index (Phi) is 4.98. The number of hydrogen-bond acceptors (Lipinski definition) is 4. The Morgan fingerprint density at radius 2 is 2.00 bits per heavy atom. The Bertz CT molecular complexity index is 465. The predicted molar refractivity (Wildman–Crippen MR) is 75.8 cm³/mol. The number of ether oxygens (including phenoxy) is 1. The van der Waals surface area contributed by atoms with Crippen LogP contribution in [0.25, 0.3) is 0 Å². The van der Waals surface area contributed by atoms with Gasteiger partial charge in [-0.25, -0.2) is 4.79 Å². The third-order valence-corrected chi connectivity index (χ3v) is 3.71. The van der Waals surface area contributed by atoms with E-state index in [0.29, 0.717) is 19.7 Å². The molecule has 5 nitrogen and oxygen atoms in total. The average molecular weight is 276 g/mol. The zero-order valence-electron chi connectivity index (χ0n) is 11.7. The molecule has 1 aliphatic rings. The van der Waals surface area contributed by atoms with E-state index in [0.717, 1.165) is 24.1 Å². The zero-order valence-corrected chi connectivity index (χ0v) is 11.7. The molecule has 1 fully saturated rings. The molecule has 1 aromatic rings. The number of amides is 1. The van der Waals surface area contributed by atoms with Crippen LogP contribution in [0.1, 0.15) is 25.3 Å². The van der Waals surface area contributed by atoms with Crippen LogP contribution in [-0.2, 0) is 11.3 Å². The molecule has 0 spiro atoms. The van der Waals surface area contributed by atoms with Crippen molar-refractivity contribution in [3.05, 3.63) is 35.9 Å². The first-order valence-electron chi connectivity index (χ1n) is 6.85. The lowest BCUT2D eigenvalue weighted by molar-refractivity contribution is 0.0862. The lowest BCUT2D eigenvalue weighted by Crippen LogP contribution is -2.40. The molecule has 2 rings (SSSR count). The van der Waals surface area contributed by atoms with Gasteiger partial charge in [-0.2, -0.15) is 0 Å². The minimum atomic E-state index is -0.272. The van der Waals surface area contributed by atoms with Crippen LogP contribution >= 0.6 is 0 Å². The van der Waals surface area contributed by atoms with E-state index in [1.165, 1.54) is 0 Å². The molecule has 0 unspecified atom stereocenters. The first-order chi connectivity index (χ1) is 9.70. The SMILES string of the molecule is C/C(=N/O)C1CCN(C(=O)OCc2ccccc2)CC1. The monoisotopic (exact) mass is 276 g/mol. The standard InChI is InChI=1S/C15H20N2O3/c1-12(16-19)14-7-9-17(10-8-14)15(18)20-11-13-5-3-2-4-6-13/h2-6,14,19H,7-11H2,1H3/b16-12-. The summed E-state index contributed by atoms with van der Waals surface area (Å²) >= 11 is 0. The molecule has 1 amide bonds. The van der Waals surface area contributed by atoms with Crippen LogP contribution in [0.3, 0.4) is 0 Å². The van der Waals surface area contributed by atoms with Crippen LogP contribution < -0.4 is 0 Å². The van der Waals surface area contributed by atoms with Crippen molar-refractivity contribution in [2.24, 2.45) is 11.1 Å². The van der Waals surface area contributed by atoms with Gasteiger partial charge in [-0.15, -0.1) is 0 Å². The maximum atomic E-state index is 11.9. The van der Waals surface area contributed by atoms with E-state index >= 15 is 0 Å². The lowest BCUT2D eigenvalue weighted by atomic mass is 9.93. The minimum Gasteiger partial charge on any atom is -0.445 e. The summed E-state index contributed by atoms with van der Waals surface area (Å²) in [5.41, 5.74) is 1.72. The molecule has 1 N–H and O–H groups in total. The fourth-order valence-corrected chi connectivity index (χ4v) is 2.37. The van der Waals surface area contributed by atoms with Gasteiger partial charge in [0.15, 0.2) is 0 Å². The molecule has 0 radical (unpaired) electrons. The van der Waals surface area contributed by atoms with Crippen LogP contribution in [0.4, 0.5) is 4.79 Å². The third kappa shape index (κ3) is 3.73. The van der Waals surface area contributed by atoms with Gasteiger partial charge in [0.05, 0.1) is 5.71 Å². The molecule has 1 saturated heterocycles. The molecule has 20 heavy (non-hydrogen) atoms. The van der Waals surface area contributed by atoms with E-state index < -0.39 is 0 Å². The summed E-state index contributed by atoms with van der Waals surface area (Å²) in [5.74, 6) is 0.262. The van der Waals surface area contributed by atoms with Crippen molar-refractivity contribution in [3.63, 3.8) is 0 Å². The Hall–Kier alpha value is -2.04. The highest BCUT2D eigenvalue weighted by molar-refractivity contribution is 5.84. The third-order valence-electron chi connectivity index (χ3n) is 3.71. The summed E-state index contributed by atoms with van der Waals surface area (Å²) in [6.07, 6.45) is 1.36. The van der Waals surface area contributed by atoms with Crippen molar-refractivity contribution in [2.45, 2.75) is 26.4 Å². The van der Waals surface area contributed by atoms with E-state index in [-0.39, 0.29) is 12.0 Å². The van der Waals surface area contributed by atoms with E-state index in [9.17, 15) is 4.79 Å². The molecule has 1 aliphatic heterocycles. The van der Waals surface area contributed by atoms with Crippen molar-refractivity contribution in [3.8, 4) is 0 Å². The first kappa shape index (κ1) is 14.4. The quantitative estimate of drug-likeness (QED) is 0.524. The largest absolute Gasteiger partial charge is 0.445 e. The Morgan fingerprint density at radius 1 is 1.35 bits per heavy atom. The van der Waals surface area contributed by atoms with E-state index in [4.69, 9.17) is 9.94 Å². The summed E-state index contributed by atoms with van der Waals surface area (Å²) in [7, 11) is 0. The first-order valence-corrected chi connectivity index (χ1v) is 6.85. The van der Waals surface area contributed by atoms with Gasteiger partial charge in [-0.1, -0.05) is 35.5 Å². The van der Waals surface area contributed by atoms with Gasteiger partial charge in [-0.05, 0) is 25.3 Å². The summed E-state index contributed by atoms with van der Waals surface area (Å²) in [6, 6.07) is 9.64. The molecule has 108 valence electrons. The summed E-state index contributed by atoms with van der Waals surface area (Å²) in [4.78, 5) is 13.7. The maximum Gasteiger partial charge on any atom is 0.410 e. The van der Waals surface area contributed by atoms with Crippen molar-refractivity contribution in [1.29, 1.82) is 0 Å². The molecular formula is C15H20N2O3. The van der Waals surface area contributed by atoms with Crippen molar-refractivity contribution in [1.82, 2.24) is 4.90 Å². The summed E-state index contributed by atoms with van der Waals surface area (Å²) < 4.78 is 5.30. The molecule has 0 saturated carbocycles. The van der Waals surface area contributed by atoms with E-state index in [1.54, 1.807) is 4.90 Å². The van der Waals surface area contributed by atoms with Crippen LogP contribution in [-0.4, -0.2) is 35.0 Å². The van der Waals surface area contributed by atoms with Gasteiger partial charge < -0.3 is 14.8 Å². The number of hydrogen-bond donors (Lipinski definition) is 1. The van der Waals surface area contributed by atoms with Gasteiger partial charge in [0.1, 0.15) is 6.61 Å². The van der Waals surface area contributed by atoms with Crippen LogP contribution in [0, 0.1) is 5.92 Å². The highest BCUT2D eigenvalue weighted by Gasteiger charge is 2.25. The van der Waals surface area contributed by atoms with Crippen LogP contribution in [0.15, 0.2) is 35.5 Å². The second kappa shape index (κ2) is 6.93. The molecule has 5 heteroatoms. The molecule has 0 aliphatic carbocycles. The Labute approximate surface area is 118 Å². The number of piperidine rings is 1. The second-order valence-electron chi connectivity index (χ2n) is 5.04. The molecule has 1 aromatic carbocycles. The Morgan fingerprint density at radius 3 is 2.60 bits per heavy atom. The summed E-state index contributed by atoms with van der Waals surface area (Å²) in [6.45, 7) is 3.40. The molecule has 0 atom stereocenters. The van der Waals surface area contributed by atoms with Gasteiger partial charge in [0.25, 0.3) is 0 Å². The number of carbonyl (C=O) groups excluding carboxylic acids is 1. The molecule has 1 heterocycles. The number of nitrogens with zero attached hydrogens (tertiary/aromatic N) is 2. The van der Waals surface area contributed by atoms with Gasteiger partial charge in [0, 0.05) is 19.0 Å². The Balaban J connectivity index is 1.77. The topological polar surface area (TPSA) is 62.1 Å². The van der Waals surface area contributed by atoms with Gasteiger partial charge in [0.2, 0.25) is 0 Å².